The summed E-state index contributed by atoms with van der Waals surface area (Å²) in [5.74, 6) is -1.34. The van der Waals surface area contributed by atoms with E-state index in [1.54, 1.807) is 6.07 Å². The first kappa shape index (κ1) is 30.5. The van der Waals surface area contributed by atoms with E-state index in [1.165, 1.54) is 74.9 Å². The summed E-state index contributed by atoms with van der Waals surface area (Å²) >= 11 is 0. The number of hydrazine groups is 1. The Morgan fingerprint density at radius 2 is 1.84 bits per heavy atom. The maximum atomic E-state index is 13.7. The molecule has 2 fully saturated rings. The standard InChI is InChI=1S/C32H50F2N4/c1-5-27(26(3)37-22-18-29(24-37)28-15-16-31(33)32(34)23-28)14-13-25(2)11-10-12-30(17-19-35-4)36-38-20-8-6-7-9-21-38/h13-16,23,29-30,35-36H,3,5-12,17-22,24H2,1-2,4H3/b25-13+,27-14+. The molecule has 0 aliphatic carbocycles. The van der Waals surface area contributed by atoms with Crippen LogP contribution in [0.15, 0.2) is 53.8 Å². The Hall–Kier alpha value is -2.02. The van der Waals surface area contributed by atoms with Gasteiger partial charge in [0.1, 0.15) is 0 Å². The summed E-state index contributed by atoms with van der Waals surface area (Å²) in [6.45, 7) is 13.9. The third-order valence-corrected chi connectivity index (χ3v) is 8.14. The molecular weight excluding hydrogens is 478 g/mol. The highest BCUT2D eigenvalue weighted by molar-refractivity contribution is 5.33. The number of nitrogens with one attached hydrogen (secondary N) is 2. The lowest BCUT2D eigenvalue weighted by molar-refractivity contribution is 0.153. The Bertz CT molecular complexity index is 933. The number of hydrogen-bond donors (Lipinski definition) is 2. The van der Waals surface area contributed by atoms with Crippen LogP contribution >= 0.6 is 0 Å². The Kier molecular flexibility index (Phi) is 13.0. The van der Waals surface area contributed by atoms with Crippen LogP contribution in [0, 0.1) is 11.6 Å². The van der Waals surface area contributed by atoms with Crippen LogP contribution in [-0.2, 0) is 0 Å². The zero-order valence-electron chi connectivity index (χ0n) is 24.0. The molecular formula is C32H50F2N4. The van der Waals surface area contributed by atoms with Gasteiger partial charge in [0.25, 0.3) is 0 Å². The second kappa shape index (κ2) is 16.2. The van der Waals surface area contributed by atoms with Crippen molar-refractivity contribution in [3.63, 3.8) is 0 Å². The molecule has 2 unspecified atom stereocenters. The fourth-order valence-electron chi connectivity index (χ4n) is 5.67. The van der Waals surface area contributed by atoms with Crippen molar-refractivity contribution in [3.05, 3.63) is 71.0 Å². The van der Waals surface area contributed by atoms with Crippen molar-refractivity contribution < 1.29 is 8.78 Å². The van der Waals surface area contributed by atoms with Gasteiger partial charge in [-0.15, -0.1) is 0 Å². The lowest BCUT2D eigenvalue weighted by atomic mass is 9.98. The first-order valence-corrected chi connectivity index (χ1v) is 14.8. The van der Waals surface area contributed by atoms with Crippen LogP contribution < -0.4 is 10.7 Å². The van der Waals surface area contributed by atoms with Gasteiger partial charge in [0, 0.05) is 43.8 Å². The molecule has 2 N–H and O–H groups in total. The number of nitrogens with zero attached hydrogens (tertiary/aromatic N) is 2. The predicted molar refractivity (Wildman–Crippen MR) is 156 cm³/mol. The molecule has 3 rings (SSSR count). The minimum absolute atomic E-state index is 0.205. The molecule has 0 saturated carbocycles. The largest absolute Gasteiger partial charge is 0.371 e. The molecule has 38 heavy (non-hydrogen) atoms. The van der Waals surface area contributed by atoms with Crippen molar-refractivity contribution in [2.24, 2.45) is 0 Å². The molecule has 4 nitrogen and oxygen atoms in total. The fraction of sp³-hybridized carbons (Fsp3) is 0.625. The van der Waals surface area contributed by atoms with Crippen LogP contribution in [-0.4, -0.2) is 55.7 Å². The molecule has 0 amide bonds. The van der Waals surface area contributed by atoms with Crippen LogP contribution in [0.2, 0.25) is 0 Å². The molecule has 2 atom stereocenters. The molecule has 2 aliphatic rings. The minimum Gasteiger partial charge on any atom is -0.371 e. The average Bonchev–Trinajstić information content (AvgIpc) is 3.27. The van der Waals surface area contributed by atoms with Crippen molar-refractivity contribution in [2.45, 2.75) is 90.0 Å². The second-order valence-corrected chi connectivity index (χ2v) is 11.1. The summed E-state index contributed by atoms with van der Waals surface area (Å²) in [6.07, 6.45) is 16.3. The molecule has 212 valence electrons. The molecule has 0 aromatic heterocycles. The van der Waals surface area contributed by atoms with Gasteiger partial charge in [-0.1, -0.05) is 50.1 Å². The van der Waals surface area contributed by atoms with E-state index in [1.807, 2.05) is 7.05 Å². The van der Waals surface area contributed by atoms with E-state index in [0.29, 0.717) is 6.04 Å². The lowest BCUT2D eigenvalue weighted by Crippen LogP contribution is -2.46. The Morgan fingerprint density at radius 3 is 2.53 bits per heavy atom. The Labute approximate surface area is 230 Å². The van der Waals surface area contributed by atoms with Gasteiger partial charge in [-0.25, -0.2) is 13.8 Å². The van der Waals surface area contributed by atoms with E-state index in [-0.39, 0.29) is 5.92 Å². The van der Waals surface area contributed by atoms with Gasteiger partial charge in [0.15, 0.2) is 11.6 Å². The van der Waals surface area contributed by atoms with E-state index in [2.05, 4.69) is 53.2 Å². The number of rotatable bonds is 14. The Morgan fingerprint density at radius 1 is 1.08 bits per heavy atom. The third-order valence-electron chi connectivity index (χ3n) is 8.14. The summed E-state index contributed by atoms with van der Waals surface area (Å²) in [6, 6.07) is 4.82. The summed E-state index contributed by atoms with van der Waals surface area (Å²) in [7, 11) is 2.03. The number of hydrogen-bond acceptors (Lipinski definition) is 4. The number of allylic oxidation sites excluding steroid dienone is 4. The molecule has 1 aromatic carbocycles. The molecule has 0 radical (unpaired) electrons. The SMILES string of the molecule is C=C(/C(=C/C=C(\C)CCCC(CCNC)NN1CCCCCC1)CC)N1CCC(c2ccc(F)c(F)c2)C1. The fourth-order valence-corrected chi connectivity index (χ4v) is 5.67. The minimum atomic E-state index is -0.784. The van der Waals surface area contributed by atoms with E-state index in [4.69, 9.17) is 0 Å². The van der Waals surface area contributed by atoms with Gasteiger partial charge in [-0.2, -0.15) is 0 Å². The van der Waals surface area contributed by atoms with Crippen LogP contribution in [0.1, 0.15) is 89.5 Å². The molecule has 6 heteroatoms. The topological polar surface area (TPSA) is 30.5 Å². The Balaban J connectivity index is 1.49. The predicted octanol–water partition coefficient (Wildman–Crippen LogP) is 7.08. The van der Waals surface area contributed by atoms with Crippen LogP contribution in [0.3, 0.4) is 0 Å². The van der Waals surface area contributed by atoms with E-state index in [9.17, 15) is 8.78 Å². The number of benzene rings is 1. The molecule has 2 saturated heterocycles. The van der Waals surface area contributed by atoms with Gasteiger partial charge < -0.3 is 10.2 Å². The number of likely N-dealkylation sites (tertiary alicyclic amines) is 1. The summed E-state index contributed by atoms with van der Waals surface area (Å²) in [5.41, 5.74) is 8.39. The molecule has 2 aliphatic heterocycles. The first-order valence-electron chi connectivity index (χ1n) is 14.8. The lowest BCUT2D eigenvalue weighted by Gasteiger charge is -2.28. The first-order chi connectivity index (χ1) is 18.4. The van der Waals surface area contributed by atoms with Crippen LogP contribution in [0.25, 0.3) is 0 Å². The molecule has 0 spiro atoms. The zero-order chi connectivity index (χ0) is 27.3. The van der Waals surface area contributed by atoms with Gasteiger partial charge in [-0.05, 0) is 95.2 Å². The number of halogens is 2. The summed E-state index contributed by atoms with van der Waals surface area (Å²) in [4.78, 5) is 2.30. The second-order valence-electron chi connectivity index (χ2n) is 11.1. The van der Waals surface area contributed by atoms with Gasteiger partial charge in [-0.3, -0.25) is 5.43 Å². The van der Waals surface area contributed by atoms with Gasteiger partial charge in [0.05, 0.1) is 0 Å². The van der Waals surface area contributed by atoms with Gasteiger partial charge >= 0.3 is 0 Å². The highest BCUT2D eigenvalue weighted by Gasteiger charge is 2.26. The maximum absolute atomic E-state index is 13.7. The average molecular weight is 529 g/mol. The van der Waals surface area contributed by atoms with Crippen molar-refractivity contribution >= 4 is 0 Å². The highest BCUT2D eigenvalue weighted by Crippen LogP contribution is 2.32. The smallest absolute Gasteiger partial charge is 0.159 e. The molecule has 2 heterocycles. The monoisotopic (exact) mass is 528 g/mol. The van der Waals surface area contributed by atoms with Crippen molar-refractivity contribution in [2.75, 3.05) is 39.8 Å². The van der Waals surface area contributed by atoms with Crippen LogP contribution in [0.4, 0.5) is 8.78 Å². The van der Waals surface area contributed by atoms with Crippen molar-refractivity contribution in [1.29, 1.82) is 0 Å². The van der Waals surface area contributed by atoms with E-state index in [0.717, 1.165) is 56.6 Å². The van der Waals surface area contributed by atoms with Gasteiger partial charge in [0.2, 0.25) is 0 Å². The van der Waals surface area contributed by atoms with E-state index < -0.39 is 11.6 Å². The maximum Gasteiger partial charge on any atom is 0.159 e. The quantitative estimate of drug-likeness (QED) is 0.253. The van der Waals surface area contributed by atoms with Crippen molar-refractivity contribution in [1.82, 2.24) is 20.7 Å². The zero-order valence-corrected chi connectivity index (χ0v) is 24.0. The van der Waals surface area contributed by atoms with E-state index >= 15 is 0 Å². The normalized spacial score (nSPS) is 20.6. The third kappa shape index (κ3) is 9.62. The summed E-state index contributed by atoms with van der Waals surface area (Å²) < 4.78 is 27.1. The van der Waals surface area contributed by atoms with Crippen molar-refractivity contribution in [3.8, 4) is 0 Å². The molecule has 0 bridgehead atoms. The van der Waals surface area contributed by atoms with Crippen LogP contribution in [0.5, 0.6) is 0 Å². The summed E-state index contributed by atoms with van der Waals surface area (Å²) in [5, 5.41) is 5.78. The molecule has 1 aromatic rings. The highest BCUT2D eigenvalue weighted by atomic mass is 19.2.